The van der Waals surface area contributed by atoms with Crippen molar-refractivity contribution in [1.82, 2.24) is 9.80 Å². The van der Waals surface area contributed by atoms with Gasteiger partial charge < -0.3 is 20.3 Å². The Labute approximate surface area is 109 Å². The molecule has 2 fully saturated rings. The Kier molecular flexibility index (Phi) is 4.25. The molecule has 0 aliphatic carbocycles. The number of nitrogens with two attached hydrogens (primary N) is 1. The fourth-order valence-electron chi connectivity index (χ4n) is 3.01. The fourth-order valence-corrected chi connectivity index (χ4v) is 3.01. The zero-order valence-corrected chi connectivity index (χ0v) is 11.5. The van der Waals surface area contributed by atoms with Crippen LogP contribution in [0.3, 0.4) is 0 Å². The lowest BCUT2D eigenvalue weighted by atomic mass is 9.78. The molecule has 1 amide bonds. The van der Waals surface area contributed by atoms with Gasteiger partial charge in [0.2, 0.25) is 5.91 Å². The third kappa shape index (κ3) is 2.53. The third-order valence-electron chi connectivity index (χ3n) is 4.39. The molecular formula is C13H25N3O2. The molecule has 2 heterocycles. The summed E-state index contributed by atoms with van der Waals surface area (Å²) in [6.07, 6.45) is 1.53. The number of piperazine rings is 1. The minimum absolute atomic E-state index is 0.244. The van der Waals surface area contributed by atoms with Gasteiger partial charge in [0, 0.05) is 45.4 Å². The van der Waals surface area contributed by atoms with E-state index in [0.29, 0.717) is 19.8 Å². The van der Waals surface area contributed by atoms with Crippen molar-refractivity contribution < 1.29 is 9.53 Å². The average molecular weight is 255 g/mol. The molecule has 2 aliphatic rings. The molecule has 2 rings (SSSR count). The Balaban J connectivity index is 2.09. The highest BCUT2D eigenvalue weighted by Gasteiger charge is 2.43. The quantitative estimate of drug-likeness (QED) is 0.749. The summed E-state index contributed by atoms with van der Waals surface area (Å²) in [5.41, 5.74) is 5.53. The molecule has 0 spiro atoms. The number of amides is 1. The summed E-state index contributed by atoms with van der Waals surface area (Å²) in [5.74, 6) is 0.244. The minimum atomic E-state index is -0.373. The van der Waals surface area contributed by atoms with Crippen molar-refractivity contribution >= 4 is 5.91 Å². The first kappa shape index (κ1) is 13.8. The predicted molar refractivity (Wildman–Crippen MR) is 70.2 cm³/mol. The molecule has 1 unspecified atom stereocenters. The van der Waals surface area contributed by atoms with Crippen molar-refractivity contribution in [3.63, 3.8) is 0 Å². The Morgan fingerprint density at radius 3 is 2.61 bits per heavy atom. The van der Waals surface area contributed by atoms with Crippen LogP contribution in [0.15, 0.2) is 0 Å². The third-order valence-corrected chi connectivity index (χ3v) is 4.39. The molecule has 5 heteroatoms. The molecule has 2 aliphatic heterocycles. The number of rotatable bonds is 2. The van der Waals surface area contributed by atoms with Gasteiger partial charge in [0.1, 0.15) is 0 Å². The summed E-state index contributed by atoms with van der Waals surface area (Å²) in [7, 11) is 2.10. The van der Waals surface area contributed by atoms with E-state index in [2.05, 4.69) is 18.9 Å². The molecular weight excluding hydrogens is 230 g/mol. The summed E-state index contributed by atoms with van der Waals surface area (Å²) in [4.78, 5) is 17.1. The van der Waals surface area contributed by atoms with Crippen molar-refractivity contribution in [3.8, 4) is 0 Å². The van der Waals surface area contributed by atoms with E-state index in [4.69, 9.17) is 10.5 Å². The molecule has 18 heavy (non-hydrogen) atoms. The van der Waals surface area contributed by atoms with E-state index in [9.17, 15) is 4.79 Å². The second kappa shape index (κ2) is 5.55. The first-order chi connectivity index (χ1) is 8.59. The van der Waals surface area contributed by atoms with Gasteiger partial charge in [0.25, 0.3) is 0 Å². The van der Waals surface area contributed by atoms with Crippen LogP contribution >= 0.6 is 0 Å². The van der Waals surface area contributed by atoms with Crippen LogP contribution in [0, 0.1) is 5.41 Å². The smallest absolute Gasteiger partial charge is 0.230 e. The van der Waals surface area contributed by atoms with Crippen LogP contribution in [0.5, 0.6) is 0 Å². The Hall–Kier alpha value is -0.650. The Morgan fingerprint density at radius 1 is 1.39 bits per heavy atom. The summed E-state index contributed by atoms with van der Waals surface area (Å²) in [5, 5.41) is 0. The van der Waals surface area contributed by atoms with Crippen molar-refractivity contribution in [1.29, 1.82) is 0 Å². The number of likely N-dealkylation sites (N-methyl/N-ethyl adjacent to an activating group) is 1. The number of carbonyl (C=O) groups is 1. The molecule has 2 N–H and O–H groups in total. The van der Waals surface area contributed by atoms with Crippen molar-refractivity contribution in [2.75, 3.05) is 46.4 Å². The number of hydrogen-bond acceptors (Lipinski definition) is 4. The maximum atomic E-state index is 12.8. The van der Waals surface area contributed by atoms with Gasteiger partial charge in [-0.2, -0.15) is 0 Å². The molecule has 0 saturated carbocycles. The Bertz CT molecular complexity index is 303. The highest BCUT2D eigenvalue weighted by molar-refractivity contribution is 5.83. The van der Waals surface area contributed by atoms with E-state index in [0.717, 1.165) is 32.5 Å². The van der Waals surface area contributed by atoms with E-state index in [-0.39, 0.29) is 17.4 Å². The van der Waals surface area contributed by atoms with Crippen LogP contribution in [0.4, 0.5) is 0 Å². The zero-order valence-electron chi connectivity index (χ0n) is 11.5. The predicted octanol–water partition coefficient (Wildman–Crippen LogP) is -0.0956. The molecule has 2 saturated heterocycles. The molecule has 0 aromatic heterocycles. The average Bonchev–Trinajstić information content (AvgIpc) is 2.39. The van der Waals surface area contributed by atoms with Gasteiger partial charge in [0.15, 0.2) is 0 Å². The normalized spacial score (nSPS) is 29.3. The maximum Gasteiger partial charge on any atom is 0.230 e. The van der Waals surface area contributed by atoms with Crippen molar-refractivity contribution in [2.24, 2.45) is 11.1 Å². The van der Waals surface area contributed by atoms with Gasteiger partial charge >= 0.3 is 0 Å². The number of carbonyl (C=O) groups excluding carboxylic acids is 1. The lowest BCUT2D eigenvalue weighted by molar-refractivity contribution is -0.151. The van der Waals surface area contributed by atoms with Crippen molar-refractivity contribution in [3.05, 3.63) is 0 Å². The topological polar surface area (TPSA) is 58.8 Å². The lowest BCUT2D eigenvalue weighted by Crippen LogP contribution is -2.59. The fraction of sp³-hybridized carbons (Fsp3) is 0.923. The van der Waals surface area contributed by atoms with Crippen LogP contribution in [-0.2, 0) is 9.53 Å². The summed E-state index contributed by atoms with van der Waals surface area (Å²) in [6, 6.07) is 0.280. The first-order valence-electron chi connectivity index (χ1n) is 6.86. The van der Waals surface area contributed by atoms with Gasteiger partial charge in [-0.3, -0.25) is 4.79 Å². The standard InChI is InChI=1S/C13H25N3O2/c1-11-9-15(2)5-6-16(11)12(17)13(10-14)3-7-18-8-4-13/h11H,3-10,14H2,1-2H3. The molecule has 1 atom stereocenters. The molecule has 104 valence electrons. The highest BCUT2D eigenvalue weighted by atomic mass is 16.5. The van der Waals surface area contributed by atoms with Crippen LogP contribution in [0.2, 0.25) is 0 Å². The second-order valence-corrected chi connectivity index (χ2v) is 5.71. The second-order valence-electron chi connectivity index (χ2n) is 5.71. The van der Waals surface area contributed by atoms with E-state index in [1.807, 2.05) is 4.90 Å². The molecule has 0 bridgehead atoms. The molecule has 0 radical (unpaired) electrons. The summed E-state index contributed by atoms with van der Waals surface area (Å²) >= 11 is 0. The van der Waals surface area contributed by atoms with Crippen molar-refractivity contribution in [2.45, 2.75) is 25.8 Å². The largest absolute Gasteiger partial charge is 0.381 e. The van der Waals surface area contributed by atoms with Gasteiger partial charge in [-0.05, 0) is 26.8 Å². The van der Waals surface area contributed by atoms with Gasteiger partial charge in [0.05, 0.1) is 5.41 Å². The van der Waals surface area contributed by atoms with E-state index in [1.54, 1.807) is 0 Å². The number of nitrogens with zero attached hydrogens (tertiary/aromatic N) is 2. The Morgan fingerprint density at radius 2 is 2.06 bits per heavy atom. The molecule has 0 aromatic carbocycles. The summed E-state index contributed by atoms with van der Waals surface area (Å²) < 4.78 is 5.37. The summed E-state index contributed by atoms with van der Waals surface area (Å²) in [6.45, 7) is 6.59. The van der Waals surface area contributed by atoms with Gasteiger partial charge in [-0.1, -0.05) is 0 Å². The molecule has 0 aromatic rings. The van der Waals surface area contributed by atoms with Crippen LogP contribution < -0.4 is 5.73 Å². The SMILES string of the molecule is CC1CN(C)CCN1C(=O)C1(CN)CCOCC1. The van der Waals surface area contributed by atoms with E-state index < -0.39 is 0 Å². The van der Waals surface area contributed by atoms with Gasteiger partial charge in [-0.15, -0.1) is 0 Å². The minimum Gasteiger partial charge on any atom is -0.381 e. The van der Waals surface area contributed by atoms with Crippen LogP contribution in [-0.4, -0.2) is 68.2 Å². The zero-order chi connectivity index (χ0) is 13.2. The van der Waals surface area contributed by atoms with E-state index >= 15 is 0 Å². The molecule has 5 nitrogen and oxygen atoms in total. The number of hydrogen-bond donors (Lipinski definition) is 1. The lowest BCUT2D eigenvalue weighted by Gasteiger charge is -2.44. The maximum absolute atomic E-state index is 12.8. The number of ether oxygens (including phenoxy) is 1. The van der Waals surface area contributed by atoms with Crippen LogP contribution in [0.25, 0.3) is 0 Å². The highest BCUT2D eigenvalue weighted by Crippen LogP contribution is 2.32. The first-order valence-corrected chi connectivity index (χ1v) is 6.86. The monoisotopic (exact) mass is 255 g/mol. The van der Waals surface area contributed by atoms with E-state index in [1.165, 1.54) is 0 Å². The van der Waals surface area contributed by atoms with Gasteiger partial charge in [-0.25, -0.2) is 0 Å². The van der Waals surface area contributed by atoms with Crippen LogP contribution in [0.1, 0.15) is 19.8 Å².